The van der Waals surface area contributed by atoms with Crippen LogP contribution in [0.5, 0.6) is 0 Å². The van der Waals surface area contributed by atoms with Crippen molar-refractivity contribution in [1.82, 2.24) is 20.4 Å². The van der Waals surface area contributed by atoms with Gasteiger partial charge >= 0.3 is 0 Å². The van der Waals surface area contributed by atoms with Crippen LogP contribution in [-0.2, 0) is 11.3 Å². The Morgan fingerprint density at radius 2 is 1.85 bits per heavy atom. The minimum absolute atomic E-state index is 0.0680. The number of nitrogens with one attached hydrogen (secondary N) is 1. The zero-order valence-electron chi connectivity index (χ0n) is 14.7. The first-order chi connectivity index (χ1) is 12.7. The molecule has 0 radical (unpaired) electrons. The fourth-order valence-electron chi connectivity index (χ4n) is 4.16. The van der Waals surface area contributed by atoms with Crippen molar-refractivity contribution in [3.8, 4) is 11.4 Å². The van der Waals surface area contributed by atoms with Crippen molar-refractivity contribution < 1.29 is 13.7 Å². The summed E-state index contributed by atoms with van der Waals surface area (Å²) in [5, 5.41) is 6.91. The van der Waals surface area contributed by atoms with E-state index < -0.39 is 0 Å². The molecule has 0 bridgehead atoms. The Kier molecular flexibility index (Phi) is 4.72. The molecule has 1 aliphatic carbocycles. The summed E-state index contributed by atoms with van der Waals surface area (Å²) in [4.78, 5) is 19.6. The quantitative estimate of drug-likeness (QED) is 0.890. The Morgan fingerprint density at radius 3 is 2.54 bits per heavy atom. The molecule has 2 heterocycles. The number of amides is 1. The monoisotopic (exact) mass is 358 g/mol. The number of nitrogens with zero attached hydrogens (tertiary/aromatic N) is 3. The summed E-state index contributed by atoms with van der Waals surface area (Å²) < 4.78 is 18.3. The lowest BCUT2D eigenvalue weighted by Gasteiger charge is -2.37. The van der Waals surface area contributed by atoms with E-state index in [1.54, 1.807) is 12.1 Å². The van der Waals surface area contributed by atoms with Gasteiger partial charge in [0.25, 0.3) is 0 Å². The molecule has 0 spiro atoms. The molecule has 0 unspecified atom stereocenters. The van der Waals surface area contributed by atoms with Crippen molar-refractivity contribution in [2.24, 2.45) is 0 Å². The molecular formula is C19H23FN4O2. The van der Waals surface area contributed by atoms with E-state index in [0.717, 1.165) is 38.8 Å². The van der Waals surface area contributed by atoms with Gasteiger partial charge in [0, 0.05) is 5.56 Å². The molecule has 2 fully saturated rings. The first-order valence-corrected chi connectivity index (χ1v) is 9.29. The predicted molar refractivity (Wildman–Crippen MR) is 93.5 cm³/mol. The SMILES string of the molecule is O=C(NCc1nc(-c2ccc(F)cc2)no1)C1(N2CCCC2)CCCC1. The summed E-state index contributed by atoms with van der Waals surface area (Å²) >= 11 is 0. The Hall–Kier alpha value is -2.28. The number of hydrogen-bond acceptors (Lipinski definition) is 5. The van der Waals surface area contributed by atoms with Crippen LogP contribution < -0.4 is 5.32 Å². The summed E-state index contributed by atoms with van der Waals surface area (Å²) in [6.07, 6.45) is 6.37. The molecule has 1 saturated heterocycles. The van der Waals surface area contributed by atoms with Gasteiger partial charge in [-0.3, -0.25) is 9.69 Å². The second-order valence-electron chi connectivity index (χ2n) is 7.13. The highest BCUT2D eigenvalue weighted by molar-refractivity contribution is 5.86. The smallest absolute Gasteiger partial charge is 0.246 e. The number of likely N-dealkylation sites (tertiary alicyclic amines) is 1. The van der Waals surface area contributed by atoms with Gasteiger partial charge in [-0.2, -0.15) is 4.98 Å². The molecule has 138 valence electrons. The minimum Gasteiger partial charge on any atom is -0.345 e. The first kappa shape index (κ1) is 17.1. The largest absolute Gasteiger partial charge is 0.345 e. The lowest BCUT2D eigenvalue weighted by atomic mass is 9.94. The van der Waals surface area contributed by atoms with Gasteiger partial charge in [-0.05, 0) is 63.0 Å². The fourth-order valence-corrected chi connectivity index (χ4v) is 4.16. The lowest BCUT2D eigenvalue weighted by molar-refractivity contribution is -0.133. The Bertz CT molecular complexity index is 762. The average molecular weight is 358 g/mol. The molecule has 1 aromatic heterocycles. The van der Waals surface area contributed by atoms with Crippen molar-refractivity contribution in [3.05, 3.63) is 36.0 Å². The van der Waals surface area contributed by atoms with E-state index in [9.17, 15) is 9.18 Å². The second-order valence-corrected chi connectivity index (χ2v) is 7.13. The average Bonchev–Trinajstić information content (AvgIpc) is 3.41. The molecule has 0 atom stereocenters. The lowest BCUT2D eigenvalue weighted by Crippen LogP contribution is -2.56. The van der Waals surface area contributed by atoms with E-state index in [1.165, 1.54) is 25.0 Å². The molecule has 2 aliphatic rings. The number of benzene rings is 1. The maximum absolute atomic E-state index is 13.0. The molecule has 1 aromatic carbocycles. The molecule has 4 rings (SSSR count). The molecule has 6 nitrogen and oxygen atoms in total. The number of hydrogen-bond donors (Lipinski definition) is 1. The highest BCUT2D eigenvalue weighted by Crippen LogP contribution is 2.37. The molecule has 1 N–H and O–H groups in total. The van der Waals surface area contributed by atoms with Crippen LogP contribution in [0, 0.1) is 5.82 Å². The van der Waals surface area contributed by atoms with E-state index in [2.05, 4.69) is 20.4 Å². The number of carbonyl (C=O) groups is 1. The molecule has 7 heteroatoms. The zero-order valence-corrected chi connectivity index (χ0v) is 14.7. The van der Waals surface area contributed by atoms with E-state index in [0.29, 0.717) is 17.3 Å². The van der Waals surface area contributed by atoms with Crippen molar-refractivity contribution in [2.45, 2.75) is 50.6 Å². The van der Waals surface area contributed by atoms with Crippen LogP contribution in [0.4, 0.5) is 4.39 Å². The number of rotatable bonds is 5. The van der Waals surface area contributed by atoms with Gasteiger partial charge in [0.1, 0.15) is 11.4 Å². The van der Waals surface area contributed by atoms with Crippen LogP contribution in [0.25, 0.3) is 11.4 Å². The molecule has 1 aliphatic heterocycles. The van der Waals surface area contributed by atoms with Crippen molar-refractivity contribution in [3.63, 3.8) is 0 Å². The maximum atomic E-state index is 13.0. The van der Waals surface area contributed by atoms with Crippen LogP contribution in [0.15, 0.2) is 28.8 Å². The third-order valence-corrected chi connectivity index (χ3v) is 5.54. The molecule has 2 aromatic rings. The number of halogens is 1. The Balaban J connectivity index is 1.42. The molecular weight excluding hydrogens is 335 g/mol. The predicted octanol–water partition coefficient (Wildman–Crippen LogP) is 2.90. The van der Waals surface area contributed by atoms with E-state index >= 15 is 0 Å². The van der Waals surface area contributed by atoms with Gasteiger partial charge in [0.2, 0.25) is 17.6 Å². The molecule has 26 heavy (non-hydrogen) atoms. The van der Waals surface area contributed by atoms with Gasteiger partial charge in [0.05, 0.1) is 6.54 Å². The third-order valence-electron chi connectivity index (χ3n) is 5.54. The summed E-state index contributed by atoms with van der Waals surface area (Å²) in [7, 11) is 0. The van der Waals surface area contributed by atoms with Crippen LogP contribution in [0.3, 0.4) is 0 Å². The normalized spacial score (nSPS) is 19.7. The van der Waals surface area contributed by atoms with Crippen LogP contribution in [0.2, 0.25) is 0 Å². The van der Waals surface area contributed by atoms with Gasteiger partial charge in [-0.1, -0.05) is 18.0 Å². The topological polar surface area (TPSA) is 71.3 Å². The third kappa shape index (κ3) is 3.23. The van der Waals surface area contributed by atoms with Crippen LogP contribution in [0.1, 0.15) is 44.4 Å². The van der Waals surface area contributed by atoms with Crippen molar-refractivity contribution >= 4 is 5.91 Å². The maximum Gasteiger partial charge on any atom is 0.246 e. The number of aromatic nitrogens is 2. The highest BCUT2D eigenvalue weighted by Gasteiger charge is 2.46. The second kappa shape index (κ2) is 7.15. The summed E-state index contributed by atoms with van der Waals surface area (Å²) in [6.45, 7) is 2.22. The van der Waals surface area contributed by atoms with Crippen molar-refractivity contribution in [1.29, 1.82) is 0 Å². The van der Waals surface area contributed by atoms with E-state index in [-0.39, 0.29) is 23.8 Å². The summed E-state index contributed by atoms with van der Waals surface area (Å²) in [5.74, 6) is 0.503. The van der Waals surface area contributed by atoms with E-state index in [1.807, 2.05) is 0 Å². The Morgan fingerprint density at radius 1 is 1.15 bits per heavy atom. The Labute approximate surface area is 151 Å². The molecule has 1 saturated carbocycles. The minimum atomic E-state index is -0.365. The van der Waals surface area contributed by atoms with Gasteiger partial charge in [-0.15, -0.1) is 0 Å². The zero-order chi connectivity index (χ0) is 18.0. The highest BCUT2D eigenvalue weighted by atomic mass is 19.1. The van der Waals surface area contributed by atoms with Crippen LogP contribution >= 0.6 is 0 Å². The van der Waals surface area contributed by atoms with Crippen LogP contribution in [-0.4, -0.2) is 39.6 Å². The summed E-state index contributed by atoms with van der Waals surface area (Å²) in [6, 6.07) is 5.91. The van der Waals surface area contributed by atoms with Gasteiger partial charge < -0.3 is 9.84 Å². The fraction of sp³-hybridized carbons (Fsp3) is 0.526. The van der Waals surface area contributed by atoms with Gasteiger partial charge in [0.15, 0.2) is 0 Å². The number of carbonyl (C=O) groups excluding carboxylic acids is 1. The van der Waals surface area contributed by atoms with E-state index in [4.69, 9.17) is 4.52 Å². The van der Waals surface area contributed by atoms with Gasteiger partial charge in [-0.25, -0.2) is 4.39 Å². The van der Waals surface area contributed by atoms with Crippen molar-refractivity contribution in [2.75, 3.05) is 13.1 Å². The standard InChI is InChI=1S/C19H23FN4O2/c20-15-7-5-14(6-8-15)17-22-16(26-23-17)13-21-18(25)19(9-1-2-10-19)24-11-3-4-12-24/h5-8H,1-4,9-13H2,(H,21,25). The molecule has 1 amide bonds. The first-order valence-electron chi connectivity index (χ1n) is 9.29. The summed E-state index contributed by atoms with van der Waals surface area (Å²) in [5.41, 5.74) is 0.313.